The van der Waals surface area contributed by atoms with Crippen molar-refractivity contribution in [2.45, 2.75) is 38.6 Å². The molecule has 10 heteroatoms. The number of aromatic nitrogens is 3. The summed E-state index contributed by atoms with van der Waals surface area (Å²) in [6, 6.07) is 13.3. The van der Waals surface area contributed by atoms with Crippen molar-refractivity contribution in [3.05, 3.63) is 99.6 Å². The molecule has 0 unspecified atom stereocenters. The second-order valence-corrected chi connectivity index (χ2v) is 10.5. The third-order valence-electron chi connectivity index (χ3n) is 7.32. The van der Waals surface area contributed by atoms with Gasteiger partial charge in [0.05, 0.1) is 36.4 Å². The number of hydrogen-bond donors (Lipinski definition) is 1. The molecule has 0 saturated heterocycles. The summed E-state index contributed by atoms with van der Waals surface area (Å²) in [5, 5.41) is 3.33. The van der Waals surface area contributed by atoms with Crippen LogP contribution in [-0.4, -0.2) is 33.5 Å². The number of pyridine rings is 1. The van der Waals surface area contributed by atoms with Gasteiger partial charge >= 0.3 is 5.97 Å². The zero-order chi connectivity index (χ0) is 29.1. The van der Waals surface area contributed by atoms with Gasteiger partial charge in [0.1, 0.15) is 5.82 Å². The second-order valence-electron chi connectivity index (χ2n) is 10.1. The Labute approximate surface area is 241 Å². The Morgan fingerprint density at radius 2 is 1.83 bits per heavy atom. The molecule has 2 aromatic carbocycles. The Hall–Kier alpha value is -4.37. The molecule has 0 fully saturated rings. The van der Waals surface area contributed by atoms with Crippen LogP contribution < -0.4 is 10.9 Å². The molecule has 8 nitrogen and oxygen atoms in total. The highest BCUT2D eigenvalue weighted by Gasteiger charge is 2.23. The molecule has 41 heavy (non-hydrogen) atoms. The fourth-order valence-electron chi connectivity index (χ4n) is 5.07. The van der Waals surface area contributed by atoms with Crippen LogP contribution >= 0.6 is 11.6 Å². The van der Waals surface area contributed by atoms with Crippen molar-refractivity contribution in [2.24, 2.45) is 5.92 Å². The summed E-state index contributed by atoms with van der Waals surface area (Å²) < 4.78 is 20.7. The number of carbonyl (C=O) groups is 2. The average molecular weight is 575 g/mol. The normalized spacial score (nSPS) is 17.3. The number of nitrogens with one attached hydrogen (secondary N) is 1. The van der Waals surface area contributed by atoms with Crippen LogP contribution in [0.2, 0.25) is 5.02 Å². The van der Waals surface area contributed by atoms with Gasteiger partial charge in [0.25, 0.3) is 5.56 Å². The minimum absolute atomic E-state index is 0.133. The Balaban J connectivity index is 1.60. The van der Waals surface area contributed by atoms with Gasteiger partial charge in [-0.2, -0.15) is 0 Å². The van der Waals surface area contributed by atoms with E-state index in [1.54, 1.807) is 30.5 Å². The summed E-state index contributed by atoms with van der Waals surface area (Å²) in [4.78, 5) is 47.9. The van der Waals surface area contributed by atoms with Crippen LogP contribution in [0, 0.1) is 11.7 Å². The van der Waals surface area contributed by atoms with E-state index in [2.05, 4.69) is 15.3 Å². The Morgan fingerprint density at radius 3 is 2.61 bits per heavy atom. The molecule has 2 aromatic heterocycles. The Bertz CT molecular complexity index is 1690. The van der Waals surface area contributed by atoms with Crippen LogP contribution in [0.4, 0.5) is 10.1 Å². The molecular formula is C31H28ClFN4O4. The first kappa shape index (κ1) is 28.2. The molecule has 0 radical (unpaired) electrons. The molecule has 2 atom stereocenters. The summed E-state index contributed by atoms with van der Waals surface area (Å²) in [6.07, 6.45) is 5.75. The number of nitrogens with zero attached hydrogens (tertiary/aromatic N) is 3. The number of ether oxygens (including phenoxy) is 1. The molecule has 210 valence electrons. The lowest BCUT2D eigenvalue weighted by atomic mass is 9.98. The Morgan fingerprint density at radius 1 is 1.02 bits per heavy atom. The fourth-order valence-corrected chi connectivity index (χ4v) is 5.25. The molecule has 1 aliphatic rings. The van der Waals surface area contributed by atoms with Crippen molar-refractivity contribution >= 4 is 29.2 Å². The van der Waals surface area contributed by atoms with Gasteiger partial charge in [-0.25, -0.2) is 14.2 Å². The van der Waals surface area contributed by atoms with E-state index >= 15 is 0 Å². The minimum Gasteiger partial charge on any atom is -0.465 e. The number of hydrogen-bond acceptors (Lipinski definition) is 6. The van der Waals surface area contributed by atoms with Gasteiger partial charge in [-0.15, -0.1) is 0 Å². The van der Waals surface area contributed by atoms with E-state index in [0.717, 1.165) is 12.8 Å². The molecule has 1 amide bonds. The summed E-state index contributed by atoms with van der Waals surface area (Å²) >= 11 is 6.19. The van der Waals surface area contributed by atoms with Crippen molar-refractivity contribution in [3.8, 4) is 22.4 Å². The molecule has 4 aromatic rings. The van der Waals surface area contributed by atoms with Crippen LogP contribution in [0.5, 0.6) is 0 Å². The smallest absolute Gasteiger partial charge is 0.338 e. The van der Waals surface area contributed by atoms with Crippen molar-refractivity contribution in [3.63, 3.8) is 0 Å². The lowest BCUT2D eigenvalue weighted by Gasteiger charge is -2.20. The van der Waals surface area contributed by atoms with Crippen LogP contribution in [0.25, 0.3) is 22.4 Å². The molecule has 5 rings (SSSR count). The highest BCUT2D eigenvalue weighted by molar-refractivity contribution is 6.31. The third kappa shape index (κ3) is 6.05. The second kappa shape index (κ2) is 12.0. The van der Waals surface area contributed by atoms with Crippen LogP contribution in [0.15, 0.2) is 71.9 Å². The zero-order valence-electron chi connectivity index (χ0n) is 22.6. The standard InChI is InChI=1S/C31H28ClFN4O4/c1-18-5-3-4-6-28(27-13-19(11-12-34-27)23-15-21(33)8-10-25(23)36-30(18)39)37-17-35-26(16-29(37)38)24-14-20(32)7-9-22(24)31(40)41-2/h7-18,28H,3-6H2,1-2H3,(H,36,39)/t18-,28+/m1/s1. The molecule has 1 N–H and O–H groups in total. The first-order valence-electron chi connectivity index (χ1n) is 13.3. The van der Waals surface area contributed by atoms with Gasteiger partial charge in [0, 0.05) is 40.0 Å². The van der Waals surface area contributed by atoms with Crippen LogP contribution in [-0.2, 0) is 9.53 Å². The number of fused-ring (bicyclic) bond motifs is 4. The number of carbonyl (C=O) groups excluding carboxylic acids is 2. The first-order valence-corrected chi connectivity index (χ1v) is 13.7. The van der Waals surface area contributed by atoms with Crippen molar-refractivity contribution in [1.82, 2.24) is 14.5 Å². The lowest BCUT2D eigenvalue weighted by molar-refractivity contribution is -0.119. The maximum Gasteiger partial charge on any atom is 0.338 e. The molecule has 3 heterocycles. The minimum atomic E-state index is -0.571. The number of esters is 1. The van der Waals surface area contributed by atoms with Crippen LogP contribution in [0.3, 0.4) is 0 Å². The number of anilines is 1. The molecule has 0 spiro atoms. The van der Waals surface area contributed by atoms with E-state index in [0.29, 0.717) is 45.9 Å². The van der Waals surface area contributed by atoms with Gasteiger partial charge in [-0.1, -0.05) is 31.4 Å². The largest absolute Gasteiger partial charge is 0.465 e. The predicted molar refractivity (Wildman–Crippen MR) is 154 cm³/mol. The molecule has 0 aliphatic carbocycles. The molecule has 2 bridgehead atoms. The number of halogens is 2. The van der Waals surface area contributed by atoms with Gasteiger partial charge < -0.3 is 10.1 Å². The van der Waals surface area contributed by atoms with Gasteiger partial charge in [-0.05, 0) is 66.9 Å². The number of rotatable bonds is 3. The lowest BCUT2D eigenvalue weighted by Crippen LogP contribution is -2.26. The predicted octanol–water partition coefficient (Wildman–Crippen LogP) is 6.29. The van der Waals surface area contributed by atoms with E-state index in [1.807, 2.05) is 13.0 Å². The zero-order valence-corrected chi connectivity index (χ0v) is 23.3. The SMILES string of the molecule is COC(=O)c1ccc(Cl)cc1-c1cc(=O)n([C@H]2CCCC[C@@H](C)C(=O)Nc3ccc(F)cc3-c3ccnc2c3)cn1. The number of methoxy groups -OCH3 is 1. The van der Waals surface area contributed by atoms with E-state index in [1.165, 1.54) is 42.3 Å². The molecule has 0 saturated carbocycles. The summed E-state index contributed by atoms with van der Waals surface area (Å²) in [6.45, 7) is 1.86. The topological polar surface area (TPSA) is 103 Å². The quantitative estimate of drug-likeness (QED) is 0.288. The number of benzene rings is 2. The molecular weight excluding hydrogens is 547 g/mol. The molecule has 1 aliphatic heterocycles. The first-order chi connectivity index (χ1) is 19.7. The Kier molecular flexibility index (Phi) is 8.26. The van der Waals surface area contributed by atoms with Crippen molar-refractivity contribution in [2.75, 3.05) is 12.4 Å². The van der Waals surface area contributed by atoms with Crippen LogP contribution in [0.1, 0.15) is 54.7 Å². The van der Waals surface area contributed by atoms with Crippen molar-refractivity contribution < 1.29 is 18.7 Å². The van der Waals surface area contributed by atoms with Crippen molar-refractivity contribution in [1.29, 1.82) is 0 Å². The summed E-state index contributed by atoms with van der Waals surface area (Å²) in [5.41, 5.74) is 2.83. The fraction of sp³-hybridized carbons (Fsp3) is 0.258. The monoisotopic (exact) mass is 574 g/mol. The van der Waals surface area contributed by atoms with E-state index in [-0.39, 0.29) is 28.6 Å². The average Bonchev–Trinajstić information content (AvgIpc) is 2.98. The highest BCUT2D eigenvalue weighted by atomic mass is 35.5. The number of amides is 1. The van der Waals surface area contributed by atoms with E-state index < -0.39 is 17.8 Å². The third-order valence-corrected chi connectivity index (χ3v) is 7.55. The highest BCUT2D eigenvalue weighted by Crippen LogP contribution is 2.33. The summed E-state index contributed by atoms with van der Waals surface area (Å²) in [7, 11) is 1.28. The van der Waals surface area contributed by atoms with E-state index in [9.17, 15) is 18.8 Å². The van der Waals surface area contributed by atoms with E-state index in [4.69, 9.17) is 16.3 Å². The summed E-state index contributed by atoms with van der Waals surface area (Å²) in [5.74, 6) is -1.39. The van der Waals surface area contributed by atoms with Gasteiger partial charge in [-0.3, -0.25) is 19.1 Å². The maximum atomic E-state index is 14.3. The maximum absolute atomic E-state index is 14.3. The van der Waals surface area contributed by atoms with Gasteiger partial charge in [0.2, 0.25) is 5.91 Å². The van der Waals surface area contributed by atoms with Gasteiger partial charge in [0.15, 0.2) is 0 Å².